The molecule has 2 aromatic heterocycles. The molecule has 15 heteroatoms. The smallest absolute Gasteiger partial charge is 0.475 e. The quantitative estimate of drug-likeness (QED) is 0.522. The van der Waals surface area contributed by atoms with Gasteiger partial charge in [-0.3, -0.25) is 9.88 Å². The van der Waals surface area contributed by atoms with Crippen LogP contribution < -0.4 is 0 Å². The average Bonchev–Trinajstić information content (AvgIpc) is 3.46. The number of pyridine rings is 1. The van der Waals surface area contributed by atoms with Gasteiger partial charge in [0.15, 0.2) is 0 Å². The van der Waals surface area contributed by atoms with E-state index in [0.29, 0.717) is 12.6 Å². The Morgan fingerprint density at radius 1 is 1.08 bits per heavy atom. The Bertz CT molecular complexity index is 950. The van der Waals surface area contributed by atoms with Gasteiger partial charge in [-0.25, -0.2) is 9.59 Å². The maximum absolute atomic E-state index is 10.6. The molecule has 2 aliphatic heterocycles. The molecule has 0 amide bonds. The van der Waals surface area contributed by atoms with Gasteiger partial charge in [0.1, 0.15) is 6.10 Å². The standard InChI is InChI=1S/C18H22N2O2S.2C2HF3O2/c1-4-16-18(21-9-1)17(22-13-14-5-7-19-8-6-14)12-20(16)11-15-3-2-10-23-15;2*3-2(4,5)1(6)7/h2-3,5-8,10,16-18H,1,4,9,11-13H2;2*(H,6,7)/t16-,17+,18+;;/m0../s1. The number of carbonyl (C=O) groups is 2. The molecule has 2 fully saturated rings. The van der Waals surface area contributed by atoms with E-state index in [9.17, 15) is 26.3 Å². The molecule has 2 aromatic rings. The van der Waals surface area contributed by atoms with Crippen molar-refractivity contribution in [2.75, 3.05) is 13.2 Å². The molecule has 0 radical (unpaired) electrons. The van der Waals surface area contributed by atoms with Gasteiger partial charge in [0, 0.05) is 43.0 Å². The zero-order valence-electron chi connectivity index (χ0n) is 19.1. The first-order chi connectivity index (χ1) is 17.3. The molecule has 2 saturated heterocycles. The Hall–Kier alpha value is -2.75. The highest BCUT2D eigenvalue weighted by Gasteiger charge is 2.44. The van der Waals surface area contributed by atoms with Gasteiger partial charge in [-0.15, -0.1) is 11.3 Å². The highest BCUT2D eigenvalue weighted by atomic mass is 32.1. The first-order valence-electron chi connectivity index (χ1n) is 10.8. The van der Waals surface area contributed by atoms with Crippen molar-refractivity contribution in [1.29, 1.82) is 0 Å². The van der Waals surface area contributed by atoms with Crippen LogP contribution in [0, 0.1) is 0 Å². The van der Waals surface area contributed by atoms with Crippen molar-refractivity contribution in [3.8, 4) is 0 Å². The lowest BCUT2D eigenvalue weighted by atomic mass is 10.0. The van der Waals surface area contributed by atoms with E-state index in [-0.39, 0.29) is 12.2 Å². The number of carboxylic acids is 2. The fourth-order valence-electron chi connectivity index (χ4n) is 3.62. The van der Waals surface area contributed by atoms with Crippen molar-refractivity contribution in [1.82, 2.24) is 9.88 Å². The van der Waals surface area contributed by atoms with E-state index in [1.54, 1.807) is 0 Å². The summed E-state index contributed by atoms with van der Waals surface area (Å²) in [5.74, 6) is -5.51. The van der Waals surface area contributed by atoms with Crippen LogP contribution in [0.4, 0.5) is 26.3 Å². The van der Waals surface area contributed by atoms with Gasteiger partial charge in [-0.05, 0) is 42.0 Å². The number of nitrogens with zero attached hydrogens (tertiary/aromatic N) is 2. The summed E-state index contributed by atoms with van der Waals surface area (Å²) in [4.78, 5) is 25.8. The van der Waals surface area contributed by atoms with Crippen LogP contribution in [0.3, 0.4) is 0 Å². The first-order valence-corrected chi connectivity index (χ1v) is 11.7. The maximum Gasteiger partial charge on any atom is 0.490 e. The second-order valence-corrected chi connectivity index (χ2v) is 8.90. The Labute approximate surface area is 211 Å². The molecule has 0 aliphatic carbocycles. The molecule has 4 rings (SSSR count). The van der Waals surface area contributed by atoms with Crippen molar-refractivity contribution in [3.63, 3.8) is 0 Å². The van der Waals surface area contributed by atoms with Crippen molar-refractivity contribution in [2.24, 2.45) is 0 Å². The van der Waals surface area contributed by atoms with Crippen molar-refractivity contribution >= 4 is 23.3 Å². The van der Waals surface area contributed by atoms with E-state index >= 15 is 0 Å². The summed E-state index contributed by atoms with van der Waals surface area (Å²) >= 11 is 1.83. The summed E-state index contributed by atoms with van der Waals surface area (Å²) < 4.78 is 75.8. The van der Waals surface area contributed by atoms with E-state index in [1.165, 1.54) is 16.9 Å². The lowest BCUT2D eigenvalue weighted by Crippen LogP contribution is -2.41. The Balaban J connectivity index is 0.000000286. The first kappa shape index (κ1) is 30.5. The van der Waals surface area contributed by atoms with Crippen LogP contribution in [0.25, 0.3) is 0 Å². The summed E-state index contributed by atoms with van der Waals surface area (Å²) in [6.45, 7) is 3.46. The Kier molecular flexibility index (Phi) is 11.3. The molecular formula is C22H24F6N2O6S. The molecule has 8 nitrogen and oxygen atoms in total. The summed E-state index contributed by atoms with van der Waals surface area (Å²) in [5.41, 5.74) is 1.17. The van der Waals surface area contributed by atoms with Crippen molar-refractivity contribution in [3.05, 3.63) is 52.5 Å². The Morgan fingerprint density at radius 3 is 2.19 bits per heavy atom. The van der Waals surface area contributed by atoms with Gasteiger partial charge in [-0.2, -0.15) is 26.3 Å². The van der Waals surface area contributed by atoms with E-state index in [2.05, 4.69) is 27.4 Å². The molecule has 0 spiro atoms. The molecule has 37 heavy (non-hydrogen) atoms. The van der Waals surface area contributed by atoms with Gasteiger partial charge in [0.25, 0.3) is 0 Å². The van der Waals surface area contributed by atoms with Gasteiger partial charge < -0.3 is 19.7 Å². The Morgan fingerprint density at radius 2 is 1.68 bits per heavy atom. The van der Waals surface area contributed by atoms with Crippen LogP contribution in [0.5, 0.6) is 0 Å². The number of carboxylic acid groups (broad SMARTS) is 2. The number of alkyl halides is 6. The fraction of sp³-hybridized carbons (Fsp3) is 0.500. The number of aromatic nitrogens is 1. The third-order valence-corrected chi connectivity index (χ3v) is 6.08. The zero-order valence-corrected chi connectivity index (χ0v) is 19.9. The van der Waals surface area contributed by atoms with Crippen molar-refractivity contribution in [2.45, 2.75) is 56.6 Å². The molecule has 0 bridgehead atoms. The topological polar surface area (TPSA) is 109 Å². The predicted octanol–water partition coefficient (Wildman–Crippen LogP) is 4.36. The molecule has 2 aliphatic rings. The van der Waals surface area contributed by atoms with Crippen LogP contribution in [-0.4, -0.2) is 75.8 Å². The molecule has 2 N–H and O–H groups in total. The fourth-order valence-corrected chi connectivity index (χ4v) is 4.35. The van der Waals surface area contributed by atoms with E-state index in [0.717, 1.165) is 26.1 Å². The average molecular weight is 558 g/mol. The lowest BCUT2D eigenvalue weighted by Gasteiger charge is -2.32. The number of aliphatic carboxylic acids is 2. The second-order valence-electron chi connectivity index (χ2n) is 7.86. The summed E-state index contributed by atoms with van der Waals surface area (Å²) in [7, 11) is 0. The SMILES string of the molecule is O=C(O)C(F)(F)F.O=C(O)C(F)(F)F.c1csc(CN2C[C@@H](OCc3ccncc3)[C@@H]3OCCC[C@@H]32)c1. The van der Waals surface area contributed by atoms with Gasteiger partial charge in [-0.1, -0.05) is 6.07 Å². The minimum Gasteiger partial charge on any atom is -0.475 e. The minimum atomic E-state index is -5.08. The van der Waals surface area contributed by atoms with Gasteiger partial charge >= 0.3 is 24.3 Å². The van der Waals surface area contributed by atoms with Gasteiger partial charge in [0.2, 0.25) is 0 Å². The molecule has 0 saturated carbocycles. The molecular weight excluding hydrogens is 534 g/mol. The molecule has 206 valence electrons. The highest BCUT2D eigenvalue weighted by molar-refractivity contribution is 7.09. The van der Waals surface area contributed by atoms with E-state index in [1.807, 2.05) is 35.9 Å². The van der Waals surface area contributed by atoms with Crippen LogP contribution >= 0.6 is 11.3 Å². The van der Waals surface area contributed by atoms with Crippen LogP contribution in [-0.2, 0) is 32.2 Å². The van der Waals surface area contributed by atoms with E-state index < -0.39 is 24.3 Å². The number of fused-ring (bicyclic) bond motifs is 1. The molecule has 0 aromatic carbocycles. The number of halogens is 6. The number of thiophene rings is 1. The number of hydrogen-bond donors (Lipinski definition) is 2. The summed E-state index contributed by atoms with van der Waals surface area (Å²) in [6.07, 6.45) is -3.80. The van der Waals surface area contributed by atoms with Crippen LogP contribution in [0.2, 0.25) is 0 Å². The number of likely N-dealkylation sites (tertiary alicyclic amines) is 1. The molecule has 0 unspecified atom stereocenters. The van der Waals surface area contributed by atoms with E-state index in [4.69, 9.17) is 29.3 Å². The third-order valence-electron chi connectivity index (χ3n) is 5.22. The van der Waals surface area contributed by atoms with Crippen molar-refractivity contribution < 1.29 is 55.6 Å². The normalized spacial score (nSPS) is 21.6. The largest absolute Gasteiger partial charge is 0.490 e. The molecule has 3 atom stereocenters. The summed E-state index contributed by atoms with van der Waals surface area (Å²) in [6, 6.07) is 8.86. The minimum absolute atomic E-state index is 0.161. The zero-order chi connectivity index (χ0) is 27.6. The number of hydrogen-bond acceptors (Lipinski definition) is 7. The van der Waals surface area contributed by atoms with Crippen LogP contribution in [0.1, 0.15) is 23.3 Å². The number of ether oxygens (including phenoxy) is 2. The predicted molar refractivity (Wildman–Crippen MR) is 118 cm³/mol. The highest BCUT2D eigenvalue weighted by Crippen LogP contribution is 2.32. The maximum atomic E-state index is 10.6. The van der Waals surface area contributed by atoms with Crippen LogP contribution in [0.15, 0.2) is 42.0 Å². The third kappa shape index (κ3) is 10.3. The monoisotopic (exact) mass is 558 g/mol. The second kappa shape index (κ2) is 13.7. The molecule has 4 heterocycles. The van der Waals surface area contributed by atoms with Gasteiger partial charge in [0.05, 0.1) is 12.7 Å². The summed E-state index contributed by atoms with van der Waals surface area (Å²) in [5, 5.41) is 16.4. The number of rotatable bonds is 5. The lowest BCUT2D eigenvalue weighted by molar-refractivity contribution is -0.193.